The zero-order valence-corrected chi connectivity index (χ0v) is 16.3. The molecule has 0 fully saturated rings. The van der Waals surface area contributed by atoms with Crippen LogP contribution in [0.3, 0.4) is 0 Å². The largest absolute Gasteiger partial charge is 0.345 e. The molecule has 0 aromatic carbocycles. The molecule has 0 aliphatic heterocycles. The molecule has 0 saturated heterocycles. The molecule has 1 aromatic heterocycles. The minimum atomic E-state index is 0.151. The average molecular weight is 307 g/mol. The minimum absolute atomic E-state index is 0.151. The first-order valence-corrected chi connectivity index (χ1v) is 9.26. The van der Waals surface area contributed by atoms with Crippen LogP contribution in [0, 0.1) is 0 Å². The Labute approximate surface area is 138 Å². The standard InChI is InChI=1S/C20H38N2/c1-9-11-13-19(5,6)16-17(20(7,8)14-12-10-2)22-18(21-16)15(3)4/h15H,9-14H2,1-8H3,(H,21,22). The SMILES string of the molecule is CCCCC(C)(C)c1nc(C(C)C)[nH]c1C(C)(C)CCCC. The van der Waals surface area contributed by atoms with Gasteiger partial charge in [-0.1, -0.05) is 81.1 Å². The predicted octanol–water partition coefficient (Wildman–Crippen LogP) is 6.47. The van der Waals surface area contributed by atoms with Gasteiger partial charge in [0, 0.05) is 22.4 Å². The summed E-state index contributed by atoms with van der Waals surface area (Å²) in [4.78, 5) is 8.75. The van der Waals surface area contributed by atoms with Crippen molar-refractivity contribution in [3.8, 4) is 0 Å². The van der Waals surface area contributed by atoms with Gasteiger partial charge in [-0.15, -0.1) is 0 Å². The lowest BCUT2D eigenvalue weighted by atomic mass is 9.75. The molecule has 0 amide bonds. The normalized spacial score (nSPS) is 13.1. The van der Waals surface area contributed by atoms with Crippen LogP contribution >= 0.6 is 0 Å². The van der Waals surface area contributed by atoms with E-state index in [2.05, 4.69) is 60.4 Å². The Morgan fingerprint density at radius 2 is 1.41 bits per heavy atom. The highest BCUT2D eigenvalue weighted by Crippen LogP contribution is 2.38. The van der Waals surface area contributed by atoms with E-state index in [9.17, 15) is 0 Å². The van der Waals surface area contributed by atoms with Gasteiger partial charge in [0.25, 0.3) is 0 Å². The molecule has 2 heteroatoms. The predicted molar refractivity (Wildman–Crippen MR) is 97.8 cm³/mol. The summed E-state index contributed by atoms with van der Waals surface area (Å²) in [6, 6.07) is 0. The third-order valence-corrected chi connectivity index (χ3v) is 4.90. The number of hydrogen-bond donors (Lipinski definition) is 1. The zero-order chi connectivity index (χ0) is 17.0. The highest BCUT2D eigenvalue weighted by Gasteiger charge is 2.34. The molecule has 128 valence electrons. The smallest absolute Gasteiger partial charge is 0.109 e. The second kappa shape index (κ2) is 7.66. The van der Waals surface area contributed by atoms with Crippen molar-refractivity contribution in [2.24, 2.45) is 0 Å². The fraction of sp³-hybridized carbons (Fsp3) is 0.850. The first-order chi connectivity index (χ1) is 10.2. The van der Waals surface area contributed by atoms with Gasteiger partial charge in [0.1, 0.15) is 5.82 Å². The summed E-state index contributed by atoms with van der Waals surface area (Å²) in [5.74, 6) is 1.61. The lowest BCUT2D eigenvalue weighted by Gasteiger charge is -2.30. The van der Waals surface area contributed by atoms with Gasteiger partial charge in [-0.05, 0) is 12.8 Å². The molecule has 0 atom stereocenters. The lowest BCUT2D eigenvalue weighted by molar-refractivity contribution is 0.404. The first kappa shape index (κ1) is 19.3. The molecule has 2 nitrogen and oxygen atoms in total. The van der Waals surface area contributed by atoms with Gasteiger partial charge >= 0.3 is 0 Å². The van der Waals surface area contributed by atoms with Crippen LogP contribution < -0.4 is 0 Å². The van der Waals surface area contributed by atoms with Gasteiger partial charge < -0.3 is 4.98 Å². The summed E-state index contributed by atoms with van der Waals surface area (Å²) in [6.07, 6.45) is 7.48. The van der Waals surface area contributed by atoms with E-state index in [1.54, 1.807) is 0 Å². The number of aromatic amines is 1. The van der Waals surface area contributed by atoms with Crippen molar-refractivity contribution in [2.45, 2.75) is 111 Å². The maximum absolute atomic E-state index is 5.05. The third kappa shape index (κ3) is 4.60. The van der Waals surface area contributed by atoms with E-state index < -0.39 is 0 Å². The topological polar surface area (TPSA) is 28.7 Å². The van der Waals surface area contributed by atoms with Crippen molar-refractivity contribution in [3.05, 3.63) is 17.2 Å². The van der Waals surface area contributed by atoms with Crippen LogP contribution in [-0.4, -0.2) is 9.97 Å². The van der Waals surface area contributed by atoms with Crippen molar-refractivity contribution < 1.29 is 0 Å². The second-order valence-corrected chi connectivity index (χ2v) is 8.48. The maximum atomic E-state index is 5.05. The molecular formula is C20H38N2. The molecule has 0 aliphatic rings. The first-order valence-electron chi connectivity index (χ1n) is 9.26. The summed E-state index contributed by atoms with van der Waals surface area (Å²) in [7, 11) is 0. The van der Waals surface area contributed by atoms with Gasteiger partial charge in [-0.2, -0.15) is 0 Å². The van der Waals surface area contributed by atoms with Crippen molar-refractivity contribution in [1.29, 1.82) is 0 Å². The Bertz CT molecular complexity index is 415. The molecule has 0 radical (unpaired) electrons. The number of unbranched alkanes of at least 4 members (excludes halogenated alkanes) is 2. The van der Waals surface area contributed by atoms with Crippen LogP contribution in [0.2, 0.25) is 0 Å². The van der Waals surface area contributed by atoms with Crippen LogP contribution in [0.1, 0.15) is 117 Å². The molecule has 1 rings (SSSR count). The van der Waals surface area contributed by atoms with Crippen molar-refractivity contribution in [2.75, 3.05) is 0 Å². The van der Waals surface area contributed by atoms with E-state index in [1.165, 1.54) is 49.9 Å². The number of nitrogens with one attached hydrogen (secondary N) is 1. The summed E-state index contributed by atoms with van der Waals surface area (Å²) in [5, 5.41) is 0. The minimum Gasteiger partial charge on any atom is -0.345 e. The molecule has 0 bridgehead atoms. The van der Waals surface area contributed by atoms with Crippen LogP contribution in [-0.2, 0) is 10.8 Å². The van der Waals surface area contributed by atoms with Crippen molar-refractivity contribution in [3.63, 3.8) is 0 Å². The summed E-state index contributed by atoms with van der Waals surface area (Å²) in [6.45, 7) is 18.5. The maximum Gasteiger partial charge on any atom is 0.109 e. The Hall–Kier alpha value is -0.790. The van der Waals surface area contributed by atoms with E-state index >= 15 is 0 Å². The Kier molecular flexibility index (Phi) is 6.70. The Morgan fingerprint density at radius 3 is 1.86 bits per heavy atom. The van der Waals surface area contributed by atoms with Gasteiger partial charge in [-0.3, -0.25) is 0 Å². The zero-order valence-electron chi connectivity index (χ0n) is 16.3. The van der Waals surface area contributed by atoms with E-state index in [1.807, 2.05) is 0 Å². The summed E-state index contributed by atoms with van der Waals surface area (Å²) >= 11 is 0. The molecule has 22 heavy (non-hydrogen) atoms. The Morgan fingerprint density at radius 1 is 0.909 bits per heavy atom. The van der Waals surface area contributed by atoms with Crippen molar-refractivity contribution in [1.82, 2.24) is 9.97 Å². The van der Waals surface area contributed by atoms with Gasteiger partial charge in [0.05, 0.1) is 5.69 Å². The van der Waals surface area contributed by atoms with Gasteiger partial charge in [-0.25, -0.2) is 4.98 Å². The Balaban J connectivity index is 3.24. The quantitative estimate of drug-likeness (QED) is 0.556. The monoisotopic (exact) mass is 306 g/mol. The molecule has 0 aliphatic carbocycles. The van der Waals surface area contributed by atoms with Crippen LogP contribution in [0.15, 0.2) is 0 Å². The fourth-order valence-electron chi connectivity index (χ4n) is 3.13. The number of nitrogens with zero attached hydrogens (tertiary/aromatic N) is 1. The van der Waals surface area contributed by atoms with Crippen LogP contribution in [0.4, 0.5) is 0 Å². The average Bonchev–Trinajstić information content (AvgIpc) is 2.90. The van der Waals surface area contributed by atoms with Crippen molar-refractivity contribution >= 4 is 0 Å². The number of imidazole rings is 1. The molecular weight excluding hydrogens is 268 g/mol. The molecule has 0 spiro atoms. The van der Waals surface area contributed by atoms with Crippen LogP contribution in [0.5, 0.6) is 0 Å². The lowest BCUT2D eigenvalue weighted by Crippen LogP contribution is -2.26. The molecule has 0 unspecified atom stereocenters. The summed E-state index contributed by atoms with van der Waals surface area (Å²) in [5.41, 5.74) is 3.02. The van der Waals surface area contributed by atoms with Gasteiger partial charge in [0.2, 0.25) is 0 Å². The van der Waals surface area contributed by atoms with E-state index in [0.29, 0.717) is 5.92 Å². The fourth-order valence-corrected chi connectivity index (χ4v) is 3.13. The molecule has 1 heterocycles. The third-order valence-electron chi connectivity index (χ3n) is 4.90. The number of hydrogen-bond acceptors (Lipinski definition) is 1. The number of H-pyrrole nitrogens is 1. The van der Waals surface area contributed by atoms with Gasteiger partial charge in [0.15, 0.2) is 0 Å². The van der Waals surface area contributed by atoms with Crippen LogP contribution in [0.25, 0.3) is 0 Å². The molecule has 1 N–H and O–H groups in total. The summed E-state index contributed by atoms with van der Waals surface area (Å²) < 4.78 is 0. The number of aromatic nitrogens is 2. The van der Waals surface area contributed by atoms with E-state index in [-0.39, 0.29) is 10.8 Å². The molecule has 1 aromatic rings. The second-order valence-electron chi connectivity index (χ2n) is 8.48. The number of rotatable bonds is 9. The molecule has 0 saturated carbocycles. The van der Waals surface area contributed by atoms with E-state index in [4.69, 9.17) is 4.98 Å². The van der Waals surface area contributed by atoms with E-state index in [0.717, 1.165) is 5.82 Å². The highest BCUT2D eigenvalue weighted by atomic mass is 15.0. The highest BCUT2D eigenvalue weighted by molar-refractivity contribution is 5.30.